The van der Waals surface area contributed by atoms with E-state index in [4.69, 9.17) is 4.74 Å². The molecule has 3 rings (SSSR count). The Morgan fingerprint density at radius 2 is 2.12 bits per heavy atom. The Kier molecular flexibility index (Phi) is 6.74. The van der Waals surface area contributed by atoms with Crippen LogP contribution in [-0.2, 0) is 11.3 Å². The summed E-state index contributed by atoms with van der Waals surface area (Å²) >= 11 is 0. The molecule has 2 aliphatic rings. The van der Waals surface area contributed by atoms with Crippen molar-refractivity contribution >= 4 is 35.6 Å². The molecular formula is C18H29IN4O. The maximum Gasteiger partial charge on any atom is 0.191 e. The maximum atomic E-state index is 5.90. The Morgan fingerprint density at radius 3 is 2.67 bits per heavy atom. The zero-order valence-electron chi connectivity index (χ0n) is 15.0. The molecule has 0 amide bonds. The lowest BCUT2D eigenvalue weighted by molar-refractivity contribution is 0.0992. The van der Waals surface area contributed by atoms with Gasteiger partial charge in [0.1, 0.15) is 0 Å². The monoisotopic (exact) mass is 444 g/mol. The number of rotatable bonds is 4. The molecule has 1 aromatic carbocycles. The van der Waals surface area contributed by atoms with Gasteiger partial charge in [-0.3, -0.25) is 4.99 Å². The third kappa shape index (κ3) is 4.33. The largest absolute Gasteiger partial charge is 0.378 e. The number of nitrogens with one attached hydrogen (secondary N) is 2. The predicted octanol–water partition coefficient (Wildman–Crippen LogP) is 2.66. The van der Waals surface area contributed by atoms with Crippen molar-refractivity contribution < 1.29 is 4.74 Å². The van der Waals surface area contributed by atoms with Crippen LogP contribution >= 0.6 is 24.0 Å². The van der Waals surface area contributed by atoms with Crippen molar-refractivity contribution in [1.82, 2.24) is 10.6 Å². The zero-order chi connectivity index (χ0) is 16.4. The van der Waals surface area contributed by atoms with Gasteiger partial charge in [-0.05, 0) is 49.4 Å². The van der Waals surface area contributed by atoms with Gasteiger partial charge < -0.3 is 20.3 Å². The summed E-state index contributed by atoms with van der Waals surface area (Å²) in [5, 5.41) is 6.95. The molecule has 3 atom stereocenters. The summed E-state index contributed by atoms with van der Waals surface area (Å²) < 4.78 is 5.90. The number of guanidine groups is 1. The lowest BCUT2D eigenvalue weighted by Gasteiger charge is -2.23. The van der Waals surface area contributed by atoms with Crippen LogP contribution in [0.5, 0.6) is 0 Å². The SMILES string of the molecule is CN=C(NCc1ccc(N(C)C)cc1C)NC1CC2CCC1O2.I. The highest BCUT2D eigenvalue weighted by atomic mass is 127. The van der Waals surface area contributed by atoms with E-state index in [-0.39, 0.29) is 24.0 Å². The number of nitrogens with zero attached hydrogens (tertiary/aromatic N) is 2. The molecule has 134 valence electrons. The minimum absolute atomic E-state index is 0. The summed E-state index contributed by atoms with van der Waals surface area (Å²) in [4.78, 5) is 6.48. The van der Waals surface area contributed by atoms with Gasteiger partial charge in [-0.2, -0.15) is 0 Å². The molecule has 6 heteroatoms. The summed E-state index contributed by atoms with van der Waals surface area (Å²) in [5.74, 6) is 0.863. The Balaban J connectivity index is 0.00000208. The molecule has 2 fully saturated rings. The van der Waals surface area contributed by atoms with Crippen LogP contribution < -0.4 is 15.5 Å². The van der Waals surface area contributed by atoms with Gasteiger partial charge in [0, 0.05) is 33.4 Å². The van der Waals surface area contributed by atoms with Crippen molar-refractivity contribution in [3.05, 3.63) is 29.3 Å². The number of aryl methyl sites for hydroxylation is 1. The van der Waals surface area contributed by atoms with Crippen LogP contribution in [0.3, 0.4) is 0 Å². The van der Waals surface area contributed by atoms with Gasteiger partial charge >= 0.3 is 0 Å². The van der Waals surface area contributed by atoms with Gasteiger partial charge in [-0.15, -0.1) is 24.0 Å². The summed E-state index contributed by atoms with van der Waals surface area (Å²) in [7, 11) is 5.96. The first kappa shape index (κ1) is 19.3. The molecule has 0 spiro atoms. The number of hydrogen-bond donors (Lipinski definition) is 2. The van der Waals surface area contributed by atoms with Crippen LogP contribution in [0.15, 0.2) is 23.2 Å². The van der Waals surface area contributed by atoms with Crippen LogP contribution in [0, 0.1) is 6.92 Å². The minimum atomic E-state index is 0. The lowest BCUT2D eigenvalue weighted by Crippen LogP contribution is -2.47. The van der Waals surface area contributed by atoms with Crippen molar-refractivity contribution in [2.24, 2.45) is 4.99 Å². The fraction of sp³-hybridized carbons (Fsp3) is 0.611. The quantitative estimate of drug-likeness (QED) is 0.426. The van der Waals surface area contributed by atoms with Crippen molar-refractivity contribution in [1.29, 1.82) is 0 Å². The molecule has 2 saturated heterocycles. The van der Waals surface area contributed by atoms with E-state index in [1.807, 2.05) is 7.05 Å². The Morgan fingerprint density at radius 1 is 1.33 bits per heavy atom. The van der Waals surface area contributed by atoms with Gasteiger partial charge in [0.25, 0.3) is 0 Å². The highest BCUT2D eigenvalue weighted by molar-refractivity contribution is 14.0. The van der Waals surface area contributed by atoms with E-state index in [9.17, 15) is 0 Å². The number of hydrogen-bond acceptors (Lipinski definition) is 3. The normalized spacial score (nSPS) is 25.3. The second-order valence-electron chi connectivity index (χ2n) is 6.79. The van der Waals surface area contributed by atoms with Crippen molar-refractivity contribution in [2.75, 3.05) is 26.0 Å². The molecular weight excluding hydrogens is 415 g/mol. The molecule has 2 N–H and O–H groups in total. The molecule has 0 saturated carbocycles. The molecule has 0 aliphatic carbocycles. The first-order valence-electron chi connectivity index (χ1n) is 8.46. The maximum absolute atomic E-state index is 5.90. The van der Waals surface area contributed by atoms with Crippen molar-refractivity contribution in [3.8, 4) is 0 Å². The fourth-order valence-electron chi connectivity index (χ4n) is 3.50. The van der Waals surface area contributed by atoms with E-state index in [2.05, 4.69) is 59.7 Å². The first-order valence-corrected chi connectivity index (χ1v) is 8.46. The molecule has 24 heavy (non-hydrogen) atoms. The minimum Gasteiger partial charge on any atom is -0.378 e. The summed E-state index contributed by atoms with van der Waals surface area (Å²) in [6, 6.07) is 6.96. The third-order valence-electron chi connectivity index (χ3n) is 4.94. The third-order valence-corrected chi connectivity index (χ3v) is 4.94. The van der Waals surface area contributed by atoms with Gasteiger partial charge in [0.2, 0.25) is 0 Å². The average molecular weight is 444 g/mol. The Bertz CT molecular complexity index is 590. The number of ether oxygens (including phenoxy) is 1. The number of halogens is 1. The number of benzene rings is 1. The highest BCUT2D eigenvalue weighted by Crippen LogP contribution is 2.34. The van der Waals surface area contributed by atoms with Crippen LogP contribution in [0.25, 0.3) is 0 Å². The van der Waals surface area contributed by atoms with Crippen LogP contribution in [0.1, 0.15) is 30.4 Å². The average Bonchev–Trinajstić information content (AvgIpc) is 3.14. The summed E-state index contributed by atoms with van der Waals surface area (Å²) in [5.41, 5.74) is 3.82. The highest BCUT2D eigenvalue weighted by Gasteiger charge is 2.41. The lowest BCUT2D eigenvalue weighted by atomic mass is 9.96. The standard InChI is InChI=1S/C18H28N4O.HI/c1-12-9-14(22(3)4)6-5-13(12)11-20-18(19-2)21-16-10-15-7-8-17(16)23-15;/h5-6,9,15-17H,7-8,10-11H2,1-4H3,(H2,19,20,21);1H. The molecule has 2 heterocycles. The van der Waals surface area contributed by atoms with Crippen LogP contribution in [0.2, 0.25) is 0 Å². The second kappa shape index (κ2) is 8.38. The number of anilines is 1. The smallest absolute Gasteiger partial charge is 0.191 e. The van der Waals surface area contributed by atoms with Gasteiger partial charge in [-0.1, -0.05) is 6.07 Å². The van der Waals surface area contributed by atoms with Crippen LogP contribution in [0.4, 0.5) is 5.69 Å². The van der Waals surface area contributed by atoms with Crippen molar-refractivity contribution in [2.45, 2.75) is 51.0 Å². The van der Waals surface area contributed by atoms with Crippen LogP contribution in [-0.4, -0.2) is 45.4 Å². The zero-order valence-corrected chi connectivity index (χ0v) is 17.3. The van der Waals surface area contributed by atoms with Gasteiger partial charge in [0.05, 0.1) is 18.2 Å². The molecule has 3 unspecified atom stereocenters. The molecule has 2 bridgehead atoms. The first-order chi connectivity index (χ1) is 11.1. The molecule has 0 radical (unpaired) electrons. The summed E-state index contributed by atoms with van der Waals surface area (Å²) in [6.07, 6.45) is 4.30. The van der Waals surface area contributed by atoms with E-state index >= 15 is 0 Å². The molecule has 1 aromatic rings. The fourth-order valence-corrected chi connectivity index (χ4v) is 3.50. The predicted molar refractivity (Wildman–Crippen MR) is 111 cm³/mol. The number of fused-ring (bicyclic) bond motifs is 2. The Labute approximate surface area is 162 Å². The van der Waals surface area contributed by atoms with Gasteiger partial charge in [0.15, 0.2) is 5.96 Å². The van der Waals surface area contributed by atoms with E-state index < -0.39 is 0 Å². The number of aliphatic imine (C=N–C) groups is 1. The van der Waals surface area contributed by atoms with Crippen molar-refractivity contribution in [3.63, 3.8) is 0 Å². The Hall–Kier alpha value is -1.02. The van der Waals surface area contributed by atoms with E-state index in [0.717, 1.165) is 18.9 Å². The topological polar surface area (TPSA) is 48.9 Å². The van der Waals surface area contributed by atoms with E-state index in [1.54, 1.807) is 0 Å². The molecule has 0 aromatic heterocycles. The van der Waals surface area contributed by atoms with E-state index in [1.165, 1.54) is 29.7 Å². The van der Waals surface area contributed by atoms with E-state index in [0.29, 0.717) is 18.2 Å². The summed E-state index contributed by atoms with van der Waals surface area (Å²) in [6.45, 7) is 2.94. The van der Waals surface area contributed by atoms with Gasteiger partial charge in [-0.25, -0.2) is 0 Å². The second-order valence-corrected chi connectivity index (χ2v) is 6.79. The molecule has 5 nitrogen and oxygen atoms in total. The molecule has 2 aliphatic heterocycles.